The Bertz CT molecular complexity index is 619. The first-order valence-electron chi connectivity index (χ1n) is 6.69. The smallest absolute Gasteiger partial charge is 0.322 e. The van der Waals surface area contributed by atoms with Gasteiger partial charge in [0.1, 0.15) is 6.04 Å². The van der Waals surface area contributed by atoms with Crippen molar-refractivity contribution in [3.63, 3.8) is 0 Å². The first kappa shape index (κ1) is 13.9. The molecule has 3 rings (SSSR count). The van der Waals surface area contributed by atoms with E-state index < -0.39 is 18.0 Å². The Kier molecular flexibility index (Phi) is 3.55. The molecule has 21 heavy (non-hydrogen) atoms. The van der Waals surface area contributed by atoms with Crippen molar-refractivity contribution >= 4 is 29.4 Å². The number of urea groups is 1. The average Bonchev–Trinajstić information content (AvgIpc) is 3.09. The van der Waals surface area contributed by atoms with Crippen molar-refractivity contribution in [3.05, 3.63) is 34.9 Å². The first-order valence-corrected chi connectivity index (χ1v) is 7.07. The predicted octanol–water partition coefficient (Wildman–Crippen LogP) is 0.910. The van der Waals surface area contributed by atoms with Crippen LogP contribution in [0.2, 0.25) is 5.02 Å². The molecule has 4 amide bonds. The fourth-order valence-electron chi connectivity index (χ4n) is 2.51. The van der Waals surface area contributed by atoms with Crippen molar-refractivity contribution in [2.45, 2.75) is 30.8 Å². The highest BCUT2D eigenvalue weighted by Crippen LogP contribution is 2.41. The Morgan fingerprint density at radius 2 is 2.19 bits per heavy atom. The molecule has 2 aliphatic rings. The zero-order valence-electron chi connectivity index (χ0n) is 11.1. The fraction of sp³-hybridized carbons (Fsp3) is 0.357. The second kappa shape index (κ2) is 5.37. The van der Waals surface area contributed by atoms with Gasteiger partial charge in [-0.3, -0.25) is 14.9 Å². The standard InChI is InChI=1S/C14H14ClN3O3/c15-8-3-1-2-7(4-8)9-5-10(9)16-12(19)6-11-13(20)18-14(21)17-11/h1-4,9-11H,5-6H2,(H,16,19)(H2,17,18,20,21)/t9-,10+,11-/m0/s1. The summed E-state index contributed by atoms with van der Waals surface area (Å²) in [6.07, 6.45) is 0.811. The molecule has 0 unspecified atom stereocenters. The monoisotopic (exact) mass is 307 g/mol. The van der Waals surface area contributed by atoms with Crippen molar-refractivity contribution in [2.24, 2.45) is 0 Å². The molecule has 3 atom stereocenters. The number of carbonyl (C=O) groups is 3. The average molecular weight is 308 g/mol. The molecule has 0 aromatic heterocycles. The number of halogens is 1. The summed E-state index contributed by atoms with van der Waals surface area (Å²) in [7, 11) is 0. The van der Waals surface area contributed by atoms with Crippen LogP contribution in [0.3, 0.4) is 0 Å². The lowest BCUT2D eigenvalue weighted by molar-refractivity contribution is -0.126. The maximum absolute atomic E-state index is 11.9. The van der Waals surface area contributed by atoms with Gasteiger partial charge in [-0.05, 0) is 24.1 Å². The van der Waals surface area contributed by atoms with E-state index in [1.807, 2.05) is 24.3 Å². The summed E-state index contributed by atoms with van der Waals surface area (Å²) in [5.74, 6) is -0.441. The van der Waals surface area contributed by atoms with E-state index in [2.05, 4.69) is 16.0 Å². The topological polar surface area (TPSA) is 87.3 Å². The molecule has 1 aliphatic carbocycles. The number of rotatable bonds is 4. The van der Waals surface area contributed by atoms with E-state index in [9.17, 15) is 14.4 Å². The number of nitrogens with one attached hydrogen (secondary N) is 3. The van der Waals surface area contributed by atoms with Crippen LogP contribution in [0.1, 0.15) is 24.3 Å². The summed E-state index contributed by atoms with van der Waals surface area (Å²) in [6.45, 7) is 0. The Hall–Kier alpha value is -2.08. The third-order valence-electron chi connectivity index (χ3n) is 3.66. The molecule has 1 saturated carbocycles. The van der Waals surface area contributed by atoms with Gasteiger partial charge >= 0.3 is 6.03 Å². The maximum atomic E-state index is 11.9. The normalized spacial score (nSPS) is 27.0. The molecule has 2 fully saturated rings. The number of imide groups is 1. The van der Waals surface area contributed by atoms with Crippen LogP contribution in [0.5, 0.6) is 0 Å². The van der Waals surface area contributed by atoms with E-state index in [0.29, 0.717) is 5.02 Å². The summed E-state index contributed by atoms with van der Waals surface area (Å²) in [6, 6.07) is 6.30. The van der Waals surface area contributed by atoms with Crippen molar-refractivity contribution in [1.82, 2.24) is 16.0 Å². The van der Waals surface area contributed by atoms with E-state index in [1.165, 1.54) is 0 Å². The molecule has 110 valence electrons. The molecular weight excluding hydrogens is 294 g/mol. The molecule has 0 radical (unpaired) electrons. The molecule has 1 aliphatic heterocycles. The lowest BCUT2D eigenvalue weighted by Gasteiger charge is -2.08. The first-order chi connectivity index (χ1) is 10.0. The highest BCUT2D eigenvalue weighted by Gasteiger charge is 2.40. The van der Waals surface area contributed by atoms with Crippen LogP contribution in [0.4, 0.5) is 4.79 Å². The molecule has 7 heteroatoms. The van der Waals surface area contributed by atoms with Gasteiger partial charge in [0, 0.05) is 17.0 Å². The third kappa shape index (κ3) is 3.16. The minimum Gasteiger partial charge on any atom is -0.353 e. The molecule has 1 heterocycles. The van der Waals surface area contributed by atoms with Crippen molar-refractivity contribution in [3.8, 4) is 0 Å². The van der Waals surface area contributed by atoms with Gasteiger partial charge in [0.15, 0.2) is 0 Å². The SMILES string of the molecule is O=C(C[C@@H]1NC(=O)NC1=O)N[C@@H]1C[C@H]1c1cccc(Cl)c1. The number of carbonyl (C=O) groups excluding carboxylic acids is 3. The Morgan fingerprint density at radius 3 is 2.86 bits per heavy atom. The predicted molar refractivity (Wildman–Crippen MR) is 75.8 cm³/mol. The summed E-state index contributed by atoms with van der Waals surface area (Å²) in [4.78, 5) is 34.2. The molecule has 1 aromatic rings. The Morgan fingerprint density at radius 1 is 1.38 bits per heavy atom. The van der Waals surface area contributed by atoms with Gasteiger partial charge in [-0.1, -0.05) is 23.7 Å². The van der Waals surface area contributed by atoms with Crippen LogP contribution in [0, 0.1) is 0 Å². The second-order valence-electron chi connectivity index (χ2n) is 5.29. The Balaban J connectivity index is 1.51. The number of benzene rings is 1. The van der Waals surface area contributed by atoms with Crippen molar-refractivity contribution in [2.75, 3.05) is 0 Å². The molecule has 1 aromatic carbocycles. The zero-order valence-corrected chi connectivity index (χ0v) is 11.8. The van der Waals surface area contributed by atoms with Crippen LogP contribution in [0.25, 0.3) is 0 Å². The maximum Gasteiger partial charge on any atom is 0.322 e. The lowest BCUT2D eigenvalue weighted by atomic mass is 10.1. The number of hydrogen-bond donors (Lipinski definition) is 3. The van der Waals surface area contributed by atoms with E-state index in [4.69, 9.17) is 11.6 Å². The van der Waals surface area contributed by atoms with E-state index in [1.54, 1.807) is 0 Å². The summed E-state index contributed by atoms with van der Waals surface area (Å²) < 4.78 is 0. The molecular formula is C14H14ClN3O3. The quantitative estimate of drug-likeness (QED) is 0.723. The minimum atomic E-state index is -0.777. The third-order valence-corrected chi connectivity index (χ3v) is 3.90. The number of hydrogen-bond acceptors (Lipinski definition) is 3. The van der Waals surface area contributed by atoms with Crippen molar-refractivity contribution < 1.29 is 14.4 Å². The van der Waals surface area contributed by atoms with Crippen LogP contribution in [0.15, 0.2) is 24.3 Å². The molecule has 0 bridgehead atoms. The van der Waals surface area contributed by atoms with Crippen LogP contribution >= 0.6 is 11.6 Å². The van der Waals surface area contributed by atoms with Crippen LogP contribution in [-0.4, -0.2) is 29.9 Å². The van der Waals surface area contributed by atoms with Crippen molar-refractivity contribution in [1.29, 1.82) is 0 Å². The summed E-state index contributed by atoms with van der Waals surface area (Å²) in [5, 5.41) is 8.05. The second-order valence-corrected chi connectivity index (χ2v) is 5.73. The fourth-order valence-corrected chi connectivity index (χ4v) is 2.71. The van der Waals surface area contributed by atoms with E-state index >= 15 is 0 Å². The van der Waals surface area contributed by atoms with Gasteiger partial charge in [-0.25, -0.2) is 4.79 Å². The van der Waals surface area contributed by atoms with Gasteiger partial charge in [-0.15, -0.1) is 0 Å². The summed E-state index contributed by atoms with van der Waals surface area (Å²) >= 11 is 5.94. The lowest BCUT2D eigenvalue weighted by Crippen LogP contribution is -2.37. The van der Waals surface area contributed by atoms with Gasteiger partial charge in [0.2, 0.25) is 5.91 Å². The summed E-state index contributed by atoms with van der Waals surface area (Å²) in [5.41, 5.74) is 1.10. The number of amides is 4. The van der Waals surface area contributed by atoms with Gasteiger partial charge in [-0.2, -0.15) is 0 Å². The molecule has 3 N–H and O–H groups in total. The van der Waals surface area contributed by atoms with Gasteiger partial charge in [0.25, 0.3) is 5.91 Å². The molecule has 0 spiro atoms. The highest BCUT2D eigenvalue weighted by atomic mass is 35.5. The van der Waals surface area contributed by atoms with E-state index in [-0.39, 0.29) is 24.3 Å². The highest BCUT2D eigenvalue weighted by molar-refractivity contribution is 6.30. The largest absolute Gasteiger partial charge is 0.353 e. The van der Waals surface area contributed by atoms with Gasteiger partial charge < -0.3 is 10.6 Å². The zero-order chi connectivity index (χ0) is 15.0. The van der Waals surface area contributed by atoms with Crippen LogP contribution in [-0.2, 0) is 9.59 Å². The van der Waals surface area contributed by atoms with Gasteiger partial charge in [0.05, 0.1) is 6.42 Å². The molecule has 1 saturated heterocycles. The minimum absolute atomic E-state index is 0.0453. The Labute approximate surface area is 126 Å². The van der Waals surface area contributed by atoms with Crippen LogP contribution < -0.4 is 16.0 Å². The molecule has 6 nitrogen and oxygen atoms in total. The van der Waals surface area contributed by atoms with E-state index in [0.717, 1.165) is 12.0 Å².